The largest absolute Gasteiger partial charge is 0.461 e. The molecule has 0 radical (unpaired) electrons. The molecule has 1 unspecified atom stereocenters. The molecule has 1 atom stereocenters. The number of carbonyl (C=O) groups is 1. The van der Waals surface area contributed by atoms with Crippen LogP contribution in [0.15, 0.2) is 0 Å². The van der Waals surface area contributed by atoms with Gasteiger partial charge in [-0.25, -0.2) is 0 Å². The zero-order valence-corrected chi connectivity index (χ0v) is 30.1. The van der Waals surface area contributed by atoms with E-state index in [9.17, 15) is 4.79 Å². The van der Waals surface area contributed by atoms with E-state index in [1.807, 2.05) is 0 Å². The molecule has 44 heavy (non-hydrogen) atoms. The Bertz CT molecular complexity index is 759. The molecule has 2 nitrogen and oxygen atoms in total. The Kier molecular flexibility index (Phi) is 15.4. The molecule has 4 rings (SSSR count). The number of hydrogen-bond donors (Lipinski definition) is 0. The average Bonchev–Trinajstić information content (AvgIpc) is 3.06. The lowest BCUT2D eigenvalue weighted by atomic mass is 9.50. The zero-order valence-electron chi connectivity index (χ0n) is 30.1. The highest BCUT2D eigenvalue weighted by Gasteiger charge is 2.51. The van der Waals surface area contributed by atoms with Crippen molar-refractivity contribution in [1.82, 2.24) is 0 Å². The summed E-state index contributed by atoms with van der Waals surface area (Å²) in [6.07, 6.45) is 43.6. The van der Waals surface area contributed by atoms with Crippen molar-refractivity contribution in [1.29, 1.82) is 0 Å². The first kappa shape index (κ1) is 36.3. The van der Waals surface area contributed by atoms with Crippen molar-refractivity contribution in [2.75, 3.05) is 0 Å². The van der Waals surface area contributed by atoms with Gasteiger partial charge < -0.3 is 4.74 Å². The molecule has 0 spiro atoms. The number of carbonyl (C=O) groups excluding carboxylic acids is 1. The van der Waals surface area contributed by atoms with Crippen LogP contribution < -0.4 is 0 Å². The Morgan fingerprint density at radius 2 is 1.20 bits per heavy atom. The summed E-state index contributed by atoms with van der Waals surface area (Å²) in [5.41, 5.74) is 1.00. The summed E-state index contributed by atoms with van der Waals surface area (Å²) in [7, 11) is 0. The quantitative estimate of drug-likeness (QED) is 0.107. The first-order valence-corrected chi connectivity index (χ1v) is 20.6. The smallest absolute Gasteiger partial charge is 0.293 e. The van der Waals surface area contributed by atoms with Crippen LogP contribution in [0.25, 0.3) is 0 Å². The fourth-order valence-corrected chi connectivity index (χ4v) is 11.8. The predicted octanol–water partition coefficient (Wildman–Crippen LogP) is 13.5. The summed E-state index contributed by atoms with van der Waals surface area (Å²) >= 11 is 0. The monoisotopic (exact) mass is 613 g/mol. The van der Waals surface area contributed by atoms with E-state index in [1.165, 1.54) is 180 Å². The third-order valence-corrected chi connectivity index (χ3v) is 14.5. The van der Waals surface area contributed by atoms with Crippen LogP contribution >= 0.6 is 0 Å². The third-order valence-electron chi connectivity index (χ3n) is 14.5. The van der Waals surface area contributed by atoms with Crippen LogP contribution in [0.5, 0.6) is 0 Å². The maximum absolute atomic E-state index is 11.7. The van der Waals surface area contributed by atoms with Crippen LogP contribution in [-0.4, -0.2) is 12.1 Å². The molecule has 0 amide bonds. The normalized spacial score (nSPS) is 31.3. The fourth-order valence-electron chi connectivity index (χ4n) is 11.8. The van der Waals surface area contributed by atoms with Gasteiger partial charge in [0.15, 0.2) is 0 Å². The molecule has 0 N–H and O–H groups in total. The zero-order chi connectivity index (χ0) is 31.1. The Labute approximate surface area is 275 Å². The van der Waals surface area contributed by atoms with E-state index in [2.05, 4.69) is 20.8 Å². The summed E-state index contributed by atoms with van der Waals surface area (Å²) in [6.45, 7) is 8.15. The van der Waals surface area contributed by atoms with Crippen LogP contribution in [-0.2, 0) is 9.53 Å². The Balaban J connectivity index is 1.38. The number of unbranched alkanes of at least 4 members (excludes halogenated alkanes) is 8. The van der Waals surface area contributed by atoms with Crippen molar-refractivity contribution in [3.8, 4) is 0 Å². The molecule has 0 bridgehead atoms. The van der Waals surface area contributed by atoms with Gasteiger partial charge in [-0.15, -0.1) is 0 Å². The first-order chi connectivity index (χ1) is 21.5. The van der Waals surface area contributed by atoms with Gasteiger partial charge in [0.25, 0.3) is 6.47 Å². The number of ether oxygens (including phenoxy) is 1. The van der Waals surface area contributed by atoms with Gasteiger partial charge in [-0.05, 0) is 118 Å². The van der Waals surface area contributed by atoms with Crippen molar-refractivity contribution in [2.45, 2.75) is 225 Å². The molecule has 0 aromatic heterocycles. The van der Waals surface area contributed by atoms with Gasteiger partial charge in [0.2, 0.25) is 0 Å². The highest BCUT2D eigenvalue weighted by atomic mass is 16.5. The van der Waals surface area contributed by atoms with Crippen LogP contribution in [0.2, 0.25) is 0 Å². The molecule has 0 aromatic rings. The standard InChI is InChI=1S/C42H76O2/c1-4-6-8-10-14-20-37-21-23-38(24-22-37)40(27-15-12-16-28-40)34-36(3)42(30-18-13-19-31-42)39-25-32-41(33-26-39,44-35-43)29-17-11-9-7-5-2/h35-39H,4-34H2,1-3H3/t36?,37-,38-,39-,41+. The summed E-state index contributed by atoms with van der Waals surface area (Å²) in [6, 6.07) is 0. The maximum Gasteiger partial charge on any atom is 0.293 e. The molecule has 0 heterocycles. The molecule has 4 saturated carbocycles. The summed E-state index contributed by atoms with van der Waals surface area (Å²) in [4.78, 5) is 11.7. The van der Waals surface area contributed by atoms with E-state index in [0.717, 1.165) is 49.4 Å². The number of rotatable bonds is 19. The van der Waals surface area contributed by atoms with Crippen LogP contribution in [0, 0.1) is 34.5 Å². The second kappa shape index (κ2) is 18.7. The van der Waals surface area contributed by atoms with E-state index in [-0.39, 0.29) is 5.60 Å². The molecule has 4 fully saturated rings. The molecular formula is C42H76O2. The van der Waals surface area contributed by atoms with Gasteiger partial charge in [-0.2, -0.15) is 0 Å². The van der Waals surface area contributed by atoms with E-state index in [1.54, 1.807) is 0 Å². The van der Waals surface area contributed by atoms with Crippen molar-refractivity contribution in [3.05, 3.63) is 0 Å². The predicted molar refractivity (Wildman–Crippen MR) is 189 cm³/mol. The lowest BCUT2D eigenvalue weighted by molar-refractivity contribution is -0.152. The number of hydrogen-bond acceptors (Lipinski definition) is 2. The summed E-state index contributed by atoms with van der Waals surface area (Å²) < 4.78 is 5.99. The van der Waals surface area contributed by atoms with Crippen molar-refractivity contribution in [2.24, 2.45) is 34.5 Å². The topological polar surface area (TPSA) is 26.3 Å². The van der Waals surface area contributed by atoms with Crippen molar-refractivity contribution in [3.63, 3.8) is 0 Å². The van der Waals surface area contributed by atoms with Crippen molar-refractivity contribution >= 4 is 6.47 Å². The minimum absolute atomic E-state index is 0.164. The van der Waals surface area contributed by atoms with Gasteiger partial charge in [-0.3, -0.25) is 4.79 Å². The van der Waals surface area contributed by atoms with E-state index in [0.29, 0.717) is 10.8 Å². The molecule has 0 aromatic carbocycles. The van der Waals surface area contributed by atoms with Gasteiger partial charge >= 0.3 is 0 Å². The van der Waals surface area contributed by atoms with Gasteiger partial charge in [0.05, 0.1) is 0 Å². The second-order valence-corrected chi connectivity index (χ2v) is 17.1. The lowest BCUT2D eigenvalue weighted by Gasteiger charge is -2.55. The van der Waals surface area contributed by atoms with Gasteiger partial charge in [-0.1, -0.05) is 136 Å². The van der Waals surface area contributed by atoms with E-state index < -0.39 is 0 Å². The SMILES string of the molecule is CCCCCCC[C@H]1CC[C@H](C2(CC(C)C3([C@H]4CC[C@@](CCCCCCC)(OC=O)CC4)CCCCC3)CCCCC2)CC1. The van der Waals surface area contributed by atoms with Crippen LogP contribution in [0.4, 0.5) is 0 Å². The third kappa shape index (κ3) is 9.75. The van der Waals surface area contributed by atoms with E-state index >= 15 is 0 Å². The molecule has 0 saturated heterocycles. The lowest BCUT2D eigenvalue weighted by Crippen LogP contribution is -2.47. The molecule has 4 aliphatic carbocycles. The summed E-state index contributed by atoms with van der Waals surface area (Å²) in [5.74, 6) is 3.70. The average molecular weight is 613 g/mol. The maximum atomic E-state index is 11.7. The fraction of sp³-hybridized carbons (Fsp3) is 0.976. The van der Waals surface area contributed by atoms with Crippen LogP contribution in [0.1, 0.15) is 220 Å². The Hall–Kier alpha value is -0.530. The Morgan fingerprint density at radius 3 is 1.80 bits per heavy atom. The minimum Gasteiger partial charge on any atom is -0.461 e. The molecule has 0 aliphatic heterocycles. The molecular weight excluding hydrogens is 536 g/mol. The highest BCUT2D eigenvalue weighted by Crippen LogP contribution is 2.60. The Morgan fingerprint density at radius 1 is 0.636 bits per heavy atom. The van der Waals surface area contributed by atoms with E-state index in [4.69, 9.17) is 4.74 Å². The minimum atomic E-state index is -0.164. The second-order valence-electron chi connectivity index (χ2n) is 17.1. The molecule has 4 aliphatic rings. The van der Waals surface area contributed by atoms with Crippen molar-refractivity contribution < 1.29 is 9.53 Å². The van der Waals surface area contributed by atoms with Gasteiger partial charge in [0, 0.05) is 0 Å². The molecule has 256 valence electrons. The summed E-state index contributed by atoms with van der Waals surface area (Å²) in [5, 5.41) is 0. The molecule has 2 heteroatoms. The highest BCUT2D eigenvalue weighted by molar-refractivity contribution is 5.38. The van der Waals surface area contributed by atoms with Gasteiger partial charge in [0.1, 0.15) is 5.60 Å². The van der Waals surface area contributed by atoms with Crippen LogP contribution in [0.3, 0.4) is 0 Å². The first-order valence-electron chi connectivity index (χ1n) is 20.6.